The number of hydrogen-bond acceptors (Lipinski definition) is 6. The summed E-state index contributed by atoms with van der Waals surface area (Å²) in [4.78, 5) is 6.07. The standard InChI is InChI=1S/C17H21NO5/c1-17(2)21-15-14-13(20-16(15)22-17)12-8-11(9-19-14)23-18(12)10-6-4-3-5-7-10/h3-7,11-16H,8-9H2,1-2H3/t11-,12+,13-,14+,15-,16-/m1/s1. The molecule has 2 bridgehead atoms. The maximum atomic E-state index is 6.19. The van der Waals surface area contributed by atoms with Crippen molar-refractivity contribution < 1.29 is 23.8 Å². The monoisotopic (exact) mass is 319 g/mol. The third-order valence-electron chi connectivity index (χ3n) is 4.96. The van der Waals surface area contributed by atoms with Crippen LogP contribution in [0.25, 0.3) is 0 Å². The van der Waals surface area contributed by atoms with Crippen LogP contribution in [0.5, 0.6) is 0 Å². The lowest BCUT2D eigenvalue weighted by Crippen LogP contribution is -2.48. The van der Waals surface area contributed by atoms with E-state index in [0.717, 1.165) is 12.1 Å². The lowest BCUT2D eigenvalue weighted by molar-refractivity contribution is -0.222. The fourth-order valence-electron chi connectivity index (χ4n) is 4.06. The summed E-state index contributed by atoms with van der Waals surface area (Å²) in [6, 6.07) is 10.3. The summed E-state index contributed by atoms with van der Waals surface area (Å²) in [5, 5.41) is 1.98. The zero-order valence-electron chi connectivity index (χ0n) is 13.3. The van der Waals surface area contributed by atoms with Crippen LogP contribution in [0, 0.1) is 0 Å². The highest BCUT2D eigenvalue weighted by atomic mass is 16.8. The summed E-state index contributed by atoms with van der Waals surface area (Å²) in [5.74, 6) is -0.620. The van der Waals surface area contributed by atoms with Gasteiger partial charge < -0.3 is 18.9 Å². The van der Waals surface area contributed by atoms with Crippen molar-refractivity contribution in [3.63, 3.8) is 0 Å². The Morgan fingerprint density at radius 3 is 2.70 bits per heavy atom. The smallest absolute Gasteiger partial charge is 0.190 e. The van der Waals surface area contributed by atoms with Crippen molar-refractivity contribution in [1.29, 1.82) is 0 Å². The first-order chi connectivity index (χ1) is 11.1. The summed E-state index contributed by atoms with van der Waals surface area (Å²) >= 11 is 0. The van der Waals surface area contributed by atoms with Crippen molar-refractivity contribution in [2.24, 2.45) is 0 Å². The molecule has 1 aromatic rings. The maximum Gasteiger partial charge on any atom is 0.190 e. The molecule has 6 atom stereocenters. The summed E-state index contributed by atoms with van der Waals surface area (Å²) < 4.78 is 24.1. The Hall–Kier alpha value is -1.18. The van der Waals surface area contributed by atoms with Crippen molar-refractivity contribution in [3.05, 3.63) is 30.3 Å². The van der Waals surface area contributed by atoms with E-state index >= 15 is 0 Å². The SMILES string of the molecule is CC1(C)O[C@H]2O[C@H]3[C@H](OC[C@H]4C[C@@H]3N(c3ccccc3)O4)[C@H]2O1. The van der Waals surface area contributed by atoms with Gasteiger partial charge in [-0.05, 0) is 26.0 Å². The van der Waals surface area contributed by atoms with Crippen LogP contribution in [0.15, 0.2) is 30.3 Å². The normalized spacial score (nSPS) is 44.0. The van der Waals surface area contributed by atoms with E-state index in [1.54, 1.807) is 0 Å². The van der Waals surface area contributed by atoms with E-state index in [1.165, 1.54) is 0 Å². The Kier molecular flexibility index (Phi) is 3.03. The van der Waals surface area contributed by atoms with Gasteiger partial charge >= 0.3 is 0 Å². The van der Waals surface area contributed by atoms with Gasteiger partial charge in [0, 0.05) is 6.42 Å². The number of rotatable bonds is 1. The van der Waals surface area contributed by atoms with E-state index in [2.05, 4.69) is 12.1 Å². The molecule has 5 rings (SSSR count). The zero-order chi connectivity index (χ0) is 15.6. The average Bonchev–Trinajstić information content (AvgIpc) is 3.11. The average molecular weight is 319 g/mol. The van der Waals surface area contributed by atoms with Crippen LogP contribution >= 0.6 is 0 Å². The molecule has 4 fully saturated rings. The van der Waals surface area contributed by atoms with Crippen LogP contribution in [0.4, 0.5) is 5.69 Å². The Morgan fingerprint density at radius 1 is 1.04 bits per heavy atom. The highest BCUT2D eigenvalue weighted by molar-refractivity contribution is 5.46. The molecule has 0 saturated carbocycles. The number of benzene rings is 1. The second kappa shape index (κ2) is 4.91. The predicted molar refractivity (Wildman–Crippen MR) is 80.6 cm³/mol. The minimum Gasteiger partial charge on any atom is -0.370 e. The first-order valence-corrected chi connectivity index (χ1v) is 8.24. The van der Waals surface area contributed by atoms with Gasteiger partial charge in [-0.25, -0.2) is 5.06 Å². The summed E-state index contributed by atoms with van der Waals surface area (Å²) in [6.07, 6.45) is 0.171. The fraction of sp³-hybridized carbons (Fsp3) is 0.647. The van der Waals surface area contributed by atoms with E-state index in [4.69, 9.17) is 23.8 Å². The van der Waals surface area contributed by atoms with Gasteiger partial charge in [0.15, 0.2) is 12.1 Å². The molecule has 0 radical (unpaired) electrons. The Balaban J connectivity index is 1.44. The molecule has 0 N–H and O–H groups in total. The molecule has 0 spiro atoms. The van der Waals surface area contributed by atoms with Crippen LogP contribution in [-0.4, -0.2) is 49.1 Å². The number of hydrogen-bond donors (Lipinski definition) is 0. The van der Waals surface area contributed by atoms with E-state index in [9.17, 15) is 0 Å². The van der Waals surface area contributed by atoms with Crippen molar-refractivity contribution >= 4 is 5.69 Å². The predicted octanol–water partition coefficient (Wildman–Crippen LogP) is 1.84. The molecular weight excluding hydrogens is 298 g/mol. The minimum absolute atomic E-state index is 0.0585. The largest absolute Gasteiger partial charge is 0.370 e. The van der Waals surface area contributed by atoms with Gasteiger partial charge in [-0.15, -0.1) is 0 Å². The molecule has 124 valence electrons. The molecule has 4 saturated heterocycles. The molecule has 0 aromatic heterocycles. The first-order valence-electron chi connectivity index (χ1n) is 8.24. The minimum atomic E-state index is -0.620. The highest BCUT2D eigenvalue weighted by Gasteiger charge is 2.60. The topological polar surface area (TPSA) is 49.4 Å². The first kappa shape index (κ1) is 14.2. The maximum absolute atomic E-state index is 6.19. The molecule has 0 amide bonds. The number of fused-ring (bicyclic) bond motifs is 6. The van der Waals surface area contributed by atoms with Gasteiger partial charge in [0.2, 0.25) is 0 Å². The van der Waals surface area contributed by atoms with Gasteiger partial charge in [-0.2, -0.15) is 0 Å². The highest BCUT2D eigenvalue weighted by Crippen LogP contribution is 2.45. The molecule has 1 aromatic carbocycles. The fourth-order valence-corrected chi connectivity index (χ4v) is 4.06. The van der Waals surface area contributed by atoms with Gasteiger partial charge in [0.25, 0.3) is 0 Å². The second-order valence-electron chi connectivity index (χ2n) is 7.06. The van der Waals surface area contributed by atoms with Crippen LogP contribution in [0.2, 0.25) is 0 Å². The third-order valence-corrected chi connectivity index (χ3v) is 4.96. The number of para-hydroxylation sites is 1. The summed E-state index contributed by atoms with van der Waals surface area (Å²) in [5.41, 5.74) is 1.04. The molecule has 0 unspecified atom stereocenters. The van der Waals surface area contributed by atoms with Gasteiger partial charge in [0.05, 0.1) is 18.3 Å². The lowest BCUT2D eigenvalue weighted by atomic mass is 10.0. The zero-order valence-corrected chi connectivity index (χ0v) is 13.3. The molecule has 0 aliphatic carbocycles. The van der Waals surface area contributed by atoms with E-state index in [-0.39, 0.29) is 36.7 Å². The summed E-state index contributed by atoms with van der Waals surface area (Å²) in [6.45, 7) is 4.37. The molecule has 4 heterocycles. The van der Waals surface area contributed by atoms with Crippen LogP contribution < -0.4 is 5.06 Å². The second-order valence-corrected chi connectivity index (χ2v) is 7.06. The van der Waals surface area contributed by atoms with Gasteiger partial charge in [0.1, 0.15) is 24.4 Å². The molecule has 23 heavy (non-hydrogen) atoms. The molecule has 4 aliphatic heterocycles. The van der Waals surface area contributed by atoms with Crippen LogP contribution in [0.3, 0.4) is 0 Å². The Morgan fingerprint density at radius 2 is 1.87 bits per heavy atom. The molecule has 4 aliphatic rings. The van der Waals surface area contributed by atoms with Crippen molar-refractivity contribution in [2.45, 2.75) is 62.8 Å². The lowest BCUT2D eigenvalue weighted by Gasteiger charge is -2.34. The van der Waals surface area contributed by atoms with E-state index < -0.39 is 5.79 Å². The Bertz CT molecular complexity index is 594. The van der Waals surface area contributed by atoms with Crippen LogP contribution in [-0.2, 0) is 23.8 Å². The number of nitrogens with zero attached hydrogens (tertiary/aromatic N) is 1. The molecule has 6 nitrogen and oxygen atoms in total. The third kappa shape index (κ3) is 2.21. The van der Waals surface area contributed by atoms with Crippen molar-refractivity contribution in [2.75, 3.05) is 11.7 Å². The summed E-state index contributed by atoms with van der Waals surface area (Å²) in [7, 11) is 0. The van der Waals surface area contributed by atoms with Crippen molar-refractivity contribution in [1.82, 2.24) is 0 Å². The van der Waals surface area contributed by atoms with E-state index in [1.807, 2.05) is 37.1 Å². The van der Waals surface area contributed by atoms with E-state index in [0.29, 0.717) is 6.61 Å². The van der Waals surface area contributed by atoms with Crippen molar-refractivity contribution in [3.8, 4) is 0 Å². The molecular formula is C17H21NO5. The molecule has 6 heteroatoms. The van der Waals surface area contributed by atoms with Gasteiger partial charge in [-0.1, -0.05) is 18.2 Å². The number of hydroxylamine groups is 1. The van der Waals surface area contributed by atoms with Gasteiger partial charge in [-0.3, -0.25) is 4.84 Å². The quantitative estimate of drug-likeness (QED) is 0.787. The Labute approximate surface area is 135 Å². The number of anilines is 1. The van der Waals surface area contributed by atoms with Crippen LogP contribution in [0.1, 0.15) is 20.3 Å². The number of ether oxygens (including phenoxy) is 4.